The Bertz CT molecular complexity index is 968. The molecule has 4 rings (SSSR count). The third-order valence-corrected chi connectivity index (χ3v) is 5.69. The number of benzene rings is 1. The Kier molecular flexibility index (Phi) is 6.69. The molecule has 1 fully saturated rings. The predicted octanol–water partition coefficient (Wildman–Crippen LogP) is 1.67. The van der Waals surface area contributed by atoms with Crippen LogP contribution in [0.15, 0.2) is 61.1 Å². The van der Waals surface area contributed by atoms with Gasteiger partial charge in [-0.3, -0.25) is 14.7 Å². The van der Waals surface area contributed by atoms with Crippen molar-refractivity contribution in [1.82, 2.24) is 30.2 Å². The third kappa shape index (κ3) is 5.96. The Labute approximate surface area is 181 Å². The van der Waals surface area contributed by atoms with Crippen LogP contribution in [-0.2, 0) is 19.5 Å². The second kappa shape index (κ2) is 9.80. The molecule has 0 atom stereocenters. The van der Waals surface area contributed by atoms with Gasteiger partial charge in [0.25, 0.3) is 5.91 Å². The number of hydrogen-bond donors (Lipinski definition) is 2. The second-order valence-electron chi connectivity index (χ2n) is 8.15. The molecule has 2 aromatic heterocycles. The van der Waals surface area contributed by atoms with Crippen molar-refractivity contribution in [3.63, 3.8) is 0 Å². The highest BCUT2D eigenvalue weighted by atomic mass is 16.3. The molecular weight excluding hydrogens is 392 g/mol. The number of carbonyl (C=O) groups is 1. The molecule has 3 heterocycles. The molecule has 31 heavy (non-hydrogen) atoms. The van der Waals surface area contributed by atoms with E-state index in [0.29, 0.717) is 32.4 Å². The van der Waals surface area contributed by atoms with E-state index in [-0.39, 0.29) is 11.6 Å². The molecule has 8 heteroatoms. The van der Waals surface area contributed by atoms with Crippen molar-refractivity contribution in [2.45, 2.75) is 38.0 Å². The molecule has 1 saturated heterocycles. The molecular formula is C23H28N6O2. The summed E-state index contributed by atoms with van der Waals surface area (Å²) in [6, 6.07) is 14.2. The molecule has 1 aromatic carbocycles. The van der Waals surface area contributed by atoms with Crippen LogP contribution in [0.1, 0.15) is 34.5 Å². The van der Waals surface area contributed by atoms with E-state index in [1.165, 1.54) is 5.56 Å². The molecule has 8 nitrogen and oxygen atoms in total. The number of aliphatic hydroxyl groups is 1. The minimum absolute atomic E-state index is 0.260. The van der Waals surface area contributed by atoms with Gasteiger partial charge in [0.2, 0.25) is 0 Å². The van der Waals surface area contributed by atoms with Crippen molar-refractivity contribution in [3.05, 3.63) is 77.9 Å². The van der Waals surface area contributed by atoms with E-state index in [2.05, 4.69) is 37.6 Å². The fraction of sp³-hybridized carbons (Fsp3) is 0.391. The van der Waals surface area contributed by atoms with Gasteiger partial charge in [-0.15, -0.1) is 5.10 Å². The summed E-state index contributed by atoms with van der Waals surface area (Å²) in [4.78, 5) is 18.7. The largest absolute Gasteiger partial charge is 0.388 e. The minimum atomic E-state index is -0.838. The third-order valence-electron chi connectivity index (χ3n) is 5.69. The highest BCUT2D eigenvalue weighted by Crippen LogP contribution is 2.25. The van der Waals surface area contributed by atoms with E-state index in [0.717, 1.165) is 25.2 Å². The molecule has 1 aliphatic heterocycles. The Balaban J connectivity index is 1.24. The van der Waals surface area contributed by atoms with E-state index in [1.54, 1.807) is 23.3 Å². The normalized spacial score (nSPS) is 16.2. The Morgan fingerprint density at radius 1 is 1.10 bits per heavy atom. The van der Waals surface area contributed by atoms with Gasteiger partial charge < -0.3 is 10.4 Å². The van der Waals surface area contributed by atoms with Gasteiger partial charge >= 0.3 is 0 Å². The molecule has 162 valence electrons. The monoisotopic (exact) mass is 420 g/mol. The molecule has 2 N–H and O–H groups in total. The average molecular weight is 421 g/mol. The van der Waals surface area contributed by atoms with Crippen molar-refractivity contribution >= 4 is 5.91 Å². The smallest absolute Gasteiger partial charge is 0.273 e. The van der Waals surface area contributed by atoms with Gasteiger partial charge in [-0.25, -0.2) is 4.68 Å². The SMILES string of the molecule is O=C(NCCc1cccnc1)c1cn(CC2(O)CCN(Cc3ccccc3)CC2)nn1. The van der Waals surface area contributed by atoms with Gasteiger partial charge in [0.15, 0.2) is 5.69 Å². The lowest BCUT2D eigenvalue weighted by Crippen LogP contribution is -2.46. The van der Waals surface area contributed by atoms with Gasteiger partial charge in [0.1, 0.15) is 0 Å². The summed E-state index contributed by atoms with van der Waals surface area (Å²) in [6.45, 7) is 3.37. The van der Waals surface area contributed by atoms with Gasteiger partial charge in [-0.2, -0.15) is 0 Å². The molecule has 0 aliphatic carbocycles. The quantitative estimate of drug-likeness (QED) is 0.576. The molecule has 0 radical (unpaired) electrons. The van der Waals surface area contributed by atoms with Crippen LogP contribution in [0.2, 0.25) is 0 Å². The number of amides is 1. The van der Waals surface area contributed by atoms with Crippen molar-refractivity contribution in [1.29, 1.82) is 0 Å². The maximum Gasteiger partial charge on any atom is 0.273 e. The number of rotatable bonds is 8. The first-order valence-corrected chi connectivity index (χ1v) is 10.7. The first-order valence-electron chi connectivity index (χ1n) is 10.7. The van der Waals surface area contributed by atoms with Crippen molar-refractivity contribution in [2.75, 3.05) is 19.6 Å². The van der Waals surface area contributed by atoms with E-state index in [1.807, 2.05) is 30.3 Å². The van der Waals surface area contributed by atoms with Crippen molar-refractivity contribution in [2.24, 2.45) is 0 Å². The summed E-state index contributed by atoms with van der Waals surface area (Å²) >= 11 is 0. The maximum absolute atomic E-state index is 12.3. The van der Waals surface area contributed by atoms with Gasteiger partial charge in [0.05, 0.1) is 18.3 Å². The van der Waals surface area contributed by atoms with Crippen LogP contribution in [0.3, 0.4) is 0 Å². The summed E-state index contributed by atoms with van der Waals surface area (Å²) < 4.78 is 1.57. The number of nitrogens with zero attached hydrogens (tertiary/aromatic N) is 5. The lowest BCUT2D eigenvalue weighted by atomic mass is 9.91. The second-order valence-corrected chi connectivity index (χ2v) is 8.15. The van der Waals surface area contributed by atoms with Gasteiger partial charge in [-0.1, -0.05) is 41.6 Å². The Morgan fingerprint density at radius 3 is 2.61 bits per heavy atom. The van der Waals surface area contributed by atoms with Crippen LogP contribution >= 0.6 is 0 Å². The van der Waals surface area contributed by atoms with Crippen LogP contribution in [0, 0.1) is 0 Å². The topological polar surface area (TPSA) is 96.2 Å². The first-order chi connectivity index (χ1) is 15.1. The molecule has 3 aromatic rings. The number of carbonyl (C=O) groups excluding carboxylic acids is 1. The summed E-state index contributed by atoms with van der Waals surface area (Å²) in [5.74, 6) is -0.264. The number of likely N-dealkylation sites (tertiary alicyclic amines) is 1. The number of piperidine rings is 1. The predicted molar refractivity (Wildman–Crippen MR) is 116 cm³/mol. The molecule has 0 bridgehead atoms. The highest BCUT2D eigenvalue weighted by Gasteiger charge is 2.33. The van der Waals surface area contributed by atoms with Crippen LogP contribution < -0.4 is 5.32 Å². The van der Waals surface area contributed by atoms with E-state index in [4.69, 9.17) is 0 Å². The van der Waals surface area contributed by atoms with Crippen molar-refractivity contribution < 1.29 is 9.90 Å². The summed E-state index contributed by atoms with van der Waals surface area (Å²) in [5.41, 5.74) is 1.77. The van der Waals surface area contributed by atoms with Crippen LogP contribution in [-0.4, -0.2) is 61.1 Å². The van der Waals surface area contributed by atoms with Crippen LogP contribution in [0.25, 0.3) is 0 Å². The van der Waals surface area contributed by atoms with Gasteiger partial charge in [0, 0.05) is 38.6 Å². The van der Waals surface area contributed by atoms with Crippen molar-refractivity contribution in [3.8, 4) is 0 Å². The van der Waals surface area contributed by atoms with Crippen LogP contribution in [0.5, 0.6) is 0 Å². The summed E-state index contributed by atoms with van der Waals surface area (Å²) in [6.07, 6.45) is 7.13. The highest BCUT2D eigenvalue weighted by molar-refractivity contribution is 5.91. The lowest BCUT2D eigenvalue weighted by Gasteiger charge is -2.38. The molecule has 0 saturated carbocycles. The zero-order valence-corrected chi connectivity index (χ0v) is 17.5. The Hall–Kier alpha value is -3.10. The maximum atomic E-state index is 12.3. The molecule has 0 spiro atoms. The first kappa shape index (κ1) is 21.1. The number of nitrogens with one attached hydrogen (secondary N) is 1. The minimum Gasteiger partial charge on any atom is -0.388 e. The zero-order chi connectivity index (χ0) is 21.5. The van der Waals surface area contributed by atoms with E-state index in [9.17, 15) is 9.90 Å². The fourth-order valence-electron chi connectivity index (χ4n) is 3.87. The fourth-order valence-corrected chi connectivity index (χ4v) is 3.87. The average Bonchev–Trinajstić information content (AvgIpc) is 3.25. The van der Waals surface area contributed by atoms with Crippen LogP contribution in [0.4, 0.5) is 0 Å². The summed E-state index contributed by atoms with van der Waals surface area (Å²) in [7, 11) is 0. The molecule has 1 amide bonds. The standard InChI is InChI=1S/C23H28N6O2/c30-22(25-12-8-19-7-4-11-24-15-19)21-17-29(27-26-21)18-23(31)9-13-28(14-10-23)16-20-5-2-1-3-6-20/h1-7,11,15,17,31H,8-10,12-14,16,18H2,(H,25,30). The molecule has 0 unspecified atom stereocenters. The van der Waals surface area contributed by atoms with E-state index >= 15 is 0 Å². The summed E-state index contributed by atoms with van der Waals surface area (Å²) in [5, 5.41) is 21.9. The molecule has 1 aliphatic rings. The van der Waals surface area contributed by atoms with E-state index < -0.39 is 5.60 Å². The Morgan fingerprint density at radius 2 is 1.87 bits per heavy atom. The number of aromatic nitrogens is 4. The van der Waals surface area contributed by atoms with Gasteiger partial charge in [-0.05, 0) is 36.5 Å². The number of hydrogen-bond acceptors (Lipinski definition) is 6. The zero-order valence-electron chi connectivity index (χ0n) is 17.5. The lowest BCUT2D eigenvalue weighted by molar-refractivity contribution is -0.0383. The number of pyridine rings is 1.